The molecular formula is C39H46BrIN3NaO7. The van der Waals surface area contributed by atoms with E-state index in [9.17, 15) is 19.2 Å². The van der Waals surface area contributed by atoms with Gasteiger partial charge in [0.25, 0.3) is 0 Å². The van der Waals surface area contributed by atoms with Crippen LogP contribution in [0.15, 0.2) is 77.3 Å². The van der Waals surface area contributed by atoms with E-state index in [2.05, 4.69) is 48.2 Å². The first kappa shape index (κ1) is 48.5. The summed E-state index contributed by atoms with van der Waals surface area (Å²) in [7, 11) is 1.89. The molecule has 0 fully saturated rings. The summed E-state index contributed by atoms with van der Waals surface area (Å²) in [5.74, 6) is -0.896. The number of rotatable bonds is 7. The number of benzene rings is 3. The molecule has 0 aliphatic carbocycles. The Morgan fingerprint density at radius 1 is 0.808 bits per heavy atom. The molecule has 0 saturated heterocycles. The van der Waals surface area contributed by atoms with Crippen LogP contribution in [-0.4, -0.2) is 58.0 Å². The molecule has 0 unspecified atom stereocenters. The van der Waals surface area contributed by atoms with Crippen molar-refractivity contribution < 1.29 is 64.4 Å². The zero-order valence-electron chi connectivity index (χ0n) is 32.3. The van der Waals surface area contributed by atoms with Gasteiger partial charge in [-0.2, -0.15) is 5.26 Å². The van der Waals surface area contributed by atoms with Crippen LogP contribution in [0.2, 0.25) is 0 Å². The summed E-state index contributed by atoms with van der Waals surface area (Å²) in [5.41, 5.74) is 5.89. The van der Waals surface area contributed by atoms with Crippen LogP contribution in [0, 0.1) is 25.2 Å². The van der Waals surface area contributed by atoms with Gasteiger partial charge in [0.2, 0.25) is 0 Å². The number of hydrogen-bond acceptors (Lipinski definition) is 8. The van der Waals surface area contributed by atoms with Crippen LogP contribution in [0.3, 0.4) is 0 Å². The van der Waals surface area contributed by atoms with Gasteiger partial charge in [0, 0.05) is 38.9 Å². The van der Waals surface area contributed by atoms with E-state index in [0.29, 0.717) is 31.2 Å². The van der Waals surface area contributed by atoms with Crippen LogP contribution in [0.25, 0.3) is 21.8 Å². The van der Waals surface area contributed by atoms with Gasteiger partial charge in [-0.15, -0.1) is 0 Å². The van der Waals surface area contributed by atoms with E-state index in [1.54, 1.807) is 32.9 Å². The molecule has 0 bridgehead atoms. The minimum Gasteiger partial charge on any atom is -1.00 e. The predicted molar refractivity (Wildman–Crippen MR) is 215 cm³/mol. The summed E-state index contributed by atoms with van der Waals surface area (Å²) in [5, 5.41) is 10.1. The van der Waals surface area contributed by atoms with Crippen molar-refractivity contribution in [2.45, 2.75) is 48.0 Å². The van der Waals surface area contributed by atoms with E-state index in [1.165, 1.54) is 0 Å². The monoisotopic (exact) mass is 897 g/mol. The number of aromatic nitrogens is 2. The molecule has 2 heterocycles. The number of aryl methyl sites for hydroxylation is 3. The fourth-order valence-electron chi connectivity index (χ4n) is 4.79. The number of nitriles is 1. The van der Waals surface area contributed by atoms with E-state index < -0.39 is 5.97 Å². The second-order valence-electron chi connectivity index (χ2n) is 10.3. The number of nitrogens with zero attached hydrogens (tertiary/aromatic N) is 2. The third kappa shape index (κ3) is 14.5. The van der Waals surface area contributed by atoms with Gasteiger partial charge in [0.1, 0.15) is 17.8 Å². The molecule has 10 nitrogen and oxygen atoms in total. The van der Waals surface area contributed by atoms with Gasteiger partial charge in [-0.1, -0.05) is 93.1 Å². The number of para-hydroxylation sites is 2. The topological polar surface area (TPSA) is 140 Å². The van der Waals surface area contributed by atoms with Crippen molar-refractivity contribution in [2.24, 2.45) is 7.05 Å². The van der Waals surface area contributed by atoms with Gasteiger partial charge in [-0.3, -0.25) is 9.59 Å². The van der Waals surface area contributed by atoms with Gasteiger partial charge in [-0.25, -0.2) is 9.59 Å². The number of fused-ring (bicyclic) bond motifs is 2. The normalized spacial score (nSPS) is 9.40. The Hall–Kier alpha value is -3.48. The number of Topliss-reactive ketones (excluding diaryl/α,β-unsaturated/α-hetero) is 1. The Bertz CT molecular complexity index is 1920. The van der Waals surface area contributed by atoms with Gasteiger partial charge < -0.3 is 25.2 Å². The number of aromatic amines is 1. The van der Waals surface area contributed by atoms with Crippen LogP contribution in [0.4, 0.5) is 0 Å². The summed E-state index contributed by atoms with van der Waals surface area (Å²) in [6.45, 7) is 11.9. The number of H-pyrrole nitrogens is 1. The number of carbonyl (C=O) groups excluding carboxylic acids is 4. The Morgan fingerprint density at radius 2 is 1.33 bits per heavy atom. The second-order valence-corrected chi connectivity index (χ2v) is 11.2. The van der Waals surface area contributed by atoms with Crippen LogP contribution in [0.5, 0.6) is 0 Å². The molecule has 0 saturated carbocycles. The van der Waals surface area contributed by atoms with Crippen molar-refractivity contribution >= 4 is 84.0 Å². The van der Waals surface area contributed by atoms with Crippen LogP contribution < -0.4 is 29.6 Å². The third-order valence-corrected chi connectivity index (χ3v) is 7.75. The van der Waals surface area contributed by atoms with E-state index in [1.807, 2.05) is 104 Å². The number of hydrogen-bond donors (Lipinski definition) is 1. The average molecular weight is 899 g/mol. The van der Waals surface area contributed by atoms with Crippen molar-refractivity contribution in [3.8, 4) is 6.07 Å². The second kappa shape index (κ2) is 26.3. The maximum atomic E-state index is 11.8. The molecule has 274 valence electrons. The molecule has 1 N–H and O–H groups in total. The Kier molecular flexibility index (Phi) is 24.5. The molecule has 0 radical (unpaired) electrons. The first-order valence-electron chi connectivity index (χ1n) is 16.0. The van der Waals surface area contributed by atoms with Gasteiger partial charge in [0.05, 0.1) is 25.9 Å². The van der Waals surface area contributed by atoms with Crippen LogP contribution in [0.1, 0.15) is 78.0 Å². The number of alkyl halides is 1. The molecule has 0 amide bonds. The predicted octanol–water partition coefficient (Wildman–Crippen LogP) is 6.60. The molecule has 52 heavy (non-hydrogen) atoms. The average Bonchev–Trinajstić information content (AvgIpc) is 3.59. The van der Waals surface area contributed by atoms with E-state index in [4.69, 9.17) is 14.7 Å². The summed E-state index contributed by atoms with van der Waals surface area (Å²) in [6, 6.07) is 24.9. The summed E-state index contributed by atoms with van der Waals surface area (Å²) >= 11 is 5.43. The van der Waals surface area contributed by atoms with Crippen molar-refractivity contribution in [1.82, 2.24) is 9.55 Å². The Balaban J connectivity index is 0. The van der Waals surface area contributed by atoms with E-state index in [0.717, 1.165) is 43.0 Å². The quantitative estimate of drug-likeness (QED) is 0.0482. The SMILES string of the molecule is CC(=O)c1ccccc1Br.CCOC(=O)CC#N.CCOC(=O)c1[nH]c2ccccc2c1C.CCOC(=O)c1c(C)c2ccccc2n1C.CI.[H-].[Na+]. The number of halogens is 2. The first-order chi connectivity index (χ1) is 24.4. The molecule has 2 aromatic heterocycles. The van der Waals surface area contributed by atoms with Crippen LogP contribution >= 0.6 is 38.5 Å². The molecule has 13 heteroatoms. The Labute approximate surface area is 351 Å². The maximum absolute atomic E-state index is 11.8. The molecule has 3 aromatic carbocycles. The summed E-state index contributed by atoms with van der Waals surface area (Å²) in [4.78, 5) is 49.5. The molecule has 5 aromatic rings. The maximum Gasteiger partial charge on any atom is 1.00 e. The number of carbonyl (C=O) groups is 4. The van der Waals surface area contributed by atoms with Crippen molar-refractivity contribution in [2.75, 3.05) is 24.8 Å². The van der Waals surface area contributed by atoms with Gasteiger partial charge >= 0.3 is 47.5 Å². The fourth-order valence-corrected chi connectivity index (χ4v) is 5.35. The summed E-state index contributed by atoms with van der Waals surface area (Å²) < 4.78 is 17.2. The largest absolute Gasteiger partial charge is 1.00 e. The van der Waals surface area contributed by atoms with Crippen molar-refractivity contribution in [3.63, 3.8) is 0 Å². The third-order valence-electron chi connectivity index (χ3n) is 7.06. The standard InChI is InChI=1S/C13H15NO2.C12H13NO2.C8H7BrO.C5H7NO2.CH3I.Na.H/c1-4-16-13(15)12-9(2)10-7-5-6-8-11(10)14(12)3;1-3-15-12(14)11-8(2)9-6-4-5-7-10(9)13-11;1-6(10)7-4-2-3-5-8(7)9;1-2-8-5(7)3-4-6;1-2;;/h5-8H,4H2,1-3H3;4-7,13H,3H2,1-2H3;2-5H,1H3;2-3H2,1H3;1H3;;/q;;;;;+1;-1. The van der Waals surface area contributed by atoms with Crippen molar-refractivity contribution in [1.29, 1.82) is 5.26 Å². The minimum atomic E-state index is -0.449. The number of esters is 3. The molecule has 5 rings (SSSR count). The molecule has 0 aliphatic rings. The van der Waals surface area contributed by atoms with Crippen molar-refractivity contribution in [3.05, 3.63) is 105 Å². The first-order valence-corrected chi connectivity index (χ1v) is 19.0. The molecule has 0 aliphatic heterocycles. The minimum absolute atomic E-state index is 0. The number of ketones is 1. The van der Waals surface area contributed by atoms with E-state index >= 15 is 0 Å². The van der Waals surface area contributed by atoms with E-state index in [-0.39, 0.29) is 55.1 Å². The van der Waals surface area contributed by atoms with Gasteiger partial charge in [-0.05, 0) is 75.8 Å². The fraction of sp³-hybridized carbons (Fsp3) is 0.308. The summed E-state index contributed by atoms with van der Waals surface area (Å²) in [6.07, 6.45) is -0.145. The number of nitrogens with one attached hydrogen (secondary N) is 1. The number of ether oxygens (including phenoxy) is 3. The Morgan fingerprint density at radius 3 is 1.83 bits per heavy atom. The van der Waals surface area contributed by atoms with Gasteiger partial charge in [0.15, 0.2) is 5.78 Å². The van der Waals surface area contributed by atoms with Crippen LogP contribution in [-0.2, 0) is 26.1 Å². The molecular weight excluding hydrogens is 852 g/mol. The zero-order chi connectivity index (χ0) is 38.5. The zero-order valence-corrected chi connectivity index (χ0v) is 37.0. The molecule has 0 spiro atoms. The smallest absolute Gasteiger partial charge is 1.00 e. The molecule has 0 atom stereocenters.